The Kier molecular flexibility index (Phi) is 6.16. The van der Waals surface area contributed by atoms with Crippen LogP contribution in [0.1, 0.15) is 16.8 Å². The van der Waals surface area contributed by atoms with Crippen LogP contribution in [0.4, 0.5) is 5.69 Å². The molecule has 0 saturated heterocycles. The molecular formula is C20H18ClNO6. The third-order valence-corrected chi connectivity index (χ3v) is 4.45. The van der Waals surface area contributed by atoms with Crippen LogP contribution in [0.2, 0.25) is 5.02 Å². The van der Waals surface area contributed by atoms with E-state index in [1.54, 1.807) is 30.3 Å². The van der Waals surface area contributed by atoms with Gasteiger partial charge < -0.3 is 14.2 Å². The zero-order valence-electron chi connectivity index (χ0n) is 15.1. The molecule has 3 rings (SSSR count). The van der Waals surface area contributed by atoms with Gasteiger partial charge in [-0.2, -0.15) is 0 Å². The van der Waals surface area contributed by atoms with E-state index in [4.69, 9.17) is 25.8 Å². The lowest BCUT2D eigenvalue weighted by molar-refractivity contribution is -0.141. The van der Waals surface area contributed by atoms with Crippen molar-refractivity contribution in [2.24, 2.45) is 0 Å². The molecule has 146 valence electrons. The molecule has 1 aliphatic rings. The van der Waals surface area contributed by atoms with E-state index in [2.05, 4.69) is 0 Å². The fourth-order valence-corrected chi connectivity index (χ4v) is 2.99. The number of benzene rings is 2. The molecule has 7 nitrogen and oxygen atoms in total. The van der Waals surface area contributed by atoms with Crippen LogP contribution in [-0.2, 0) is 14.3 Å². The van der Waals surface area contributed by atoms with E-state index in [1.165, 1.54) is 24.1 Å². The van der Waals surface area contributed by atoms with Gasteiger partial charge in [-0.1, -0.05) is 23.7 Å². The van der Waals surface area contributed by atoms with Crippen molar-refractivity contribution in [1.82, 2.24) is 0 Å². The highest BCUT2D eigenvalue weighted by Gasteiger charge is 2.26. The Balaban J connectivity index is 1.63. The van der Waals surface area contributed by atoms with Gasteiger partial charge in [-0.25, -0.2) is 0 Å². The summed E-state index contributed by atoms with van der Waals surface area (Å²) in [6, 6.07) is 11.5. The Bertz CT molecular complexity index is 913. The number of ether oxygens (including phenoxy) is 3. The third kappa shape index (κ3) is 4.43. The van der Waals surface area contributed by atoms with E-state index in [1.807, 2.05) is 0 Å². The second kappa shape index (κ2) is 8.75. The summed E-state index contributed by atoms with van der Waals surface area (Å²) >= 11 is 6.00. The maximum atomic E-state index is 12.3. The van der Waals surface area contributed by atoms with Gasteiger partial charge >= 0.3 is 5.97 Å². The molecule has 0 aromatic heterocycles. The first kappa shape index (κ1) is 19.7. The lowest BCUT2D eigenvalue weighted by atomic mass is 10.1. The summed E-state index contributed by atoms with van der Waals surface area (Å²) in [5.74, 6) is -0.405. The maximum Gasteiger partial charge on any atom is 0.326 e. The van der Waals surface area contributed by atoms with Gasteiger partial charge in [0.05, 0.1) is 30.8 Å². The summed E-state index contributed by atoms with van der Waals surface area (Å²) in [4.78, 5) is 38.1. The minimum Gasteiger partial charge on any atom is -0.495 e. The SMILES string of the molecule is COc1ccc(C(=O)COC(=O)CN2C(=O)CCOc3ccccc32)cc1Cl. The first-order chi connectivity index (χ1) is 13.5. The Labute approximate surface area is 166 Å². The Morgan fingerprint density at radius 1 is 1.21 bits per heavy atom. The minimum absolute atomic E-state index is 0.144. The molecule has 28 heavy (non-hydrogen) atoms. The van der Waals surface area contributed by atoms with E-state index >= 15 is 0 Å². The number of anilines is 1. The van der Waals surface area contributed by atoms with Gasteiger partial charge in [0.15, 0.2) is 12.4 Å². The van der Waals surface area contributed by atoms with Gasteiger partial charge in [-0.15, -0.1) is 0 Å². The second-order valence-corrected chi connectivity index (χ2v) is 6.39. The molecule has 0 saturated carbocycles. The lowest BCUT2D eigenvalue weighted by Crippen LogP contribution is -2.36. The van der Waals surface area contributed by atoms with Crippen LogP contribution in [0, 0.1) is 0 Å². The van der Waals surface area contributed by atoms with Crippen LogP contribution < -0.4 is 14.4 Å². The number of rotatable bonds is 6. The predicted octanol–water partition coefficient (Wildman–Crippen LogP) is 2.89. The van der Waals surface area contributed by atoms with Crippen LogP contribution in [-0.4, -0.2) is 44.5 Å². The molecular weight excluding hydrogens is 386 g/mol. The normalized spacial score (nSPS) is 13.2. The van der Waals surface area contributed by atoms with Gasteiger partial charge in [0.2, 0.25) is 5.91 Å². The topological polar surface area (TPSA) is 82.1 Å². The van der Waals surface area contributed by atoms with Crippen LogP contribution in [0.5, 0.6) is 11.5 Å². The number of methoxy groups -OCH3 is 1. The summed E-state index contributed by atoms with van der Waals surface area (Å²) in [6.45, 7) is -0.532. The molecule has 0 N–H and O–H groups in total. The van der Waals surface area contributed by atoms with E-state index < -0.39 is 18.4 Å². The second-order valence-electron chi connectivity index (χ2n) is 5.98. The molecule has 1 aliphatic heterocycles. The van der Waals surface area contributed by atoms with Crippen molar-refractivity contribution < 1.29 is 28.6 Å². The largest absolute Gasteiger partial charge is 0.495 e. The van der Waals surface area contributed by atoms with Crippen molar-refractivity contribution in [3.8, 4) is 11.5 Å². The summed E-state index contributed by atoms with van der Waals surface area (Å²) in [5, 5.41) is 0.284. The van der Waals surface area contributed by atoms with E-state index in [0.717, 1.165) is 0 Å². The molecule has 2 aromatic carbocycles. The van der Waals surface area contributed by atoms with Crippen LogP contribution in [0.3, 0.4) is 0 Å². The average molecular weight is 404 g/mol. The number of para-hydroxylation sites is 2. The number of fused-ring (bicyclic) bond motifs is 1. The predicted molar refractivity (Wildman–Crippen MR) is 102 cm³/mol. The number of ketones is 1. The van der Waals surface area contributed by atoms with Crippen LogP contribution in [0.25, 0.3) is 0 Å². The highest BCUT2D eigenvalue weighted by Crippen LogP contribution is 2.30. The first-order valence-electron chi connectivity index (χ1n) is 8.54. The van der Waals surface area contributed by atoms with Crippen LogP contribution >= 0.6 is 11.6 Å². The van der Waals surface area contributed by atoms with Gasteiger partial charge in [0.1, 0.15) is 18.0 Å². The Morgan fingerprint density at radius 3 is 2.75 bits per heavy atom. The van der Waals surface area contributed by atoms with Gasteiger partial charge in [-0.3, -0.25) is 19.3 Å². The number of carbonyl (C=O) groups excluding carboxylic acids is 3. The Hall–Kier alpha value is -3.06. The van der Waals surface area contributed by atoms with Crippen molar-refractivity contribution >= 4 is 34.9 Å². The summed E-state index contributed by atoms with van der Waals surface area (Å²) < 4.78 is 15.6. The third-order valence-electron chi connectivity index (χ3n) is 4.16. The quantitative estimate of drug-likeness (QED) is 0.545. The number of halogens is 1. The number of esters is 1. The molecule has 0 bridgehead atoms. The van der Waals surface area contributed by atoms with E-state index in [-0.39, 0.29) is 30.5 Å². The summed E-state index contributed by atoms with van der Waals surface area (Å²) in [7, 11) is 1.47. The fraction of sp³-hybridized carbons (Fsp3) is 0.250. The molecule has 0 spiro atoms. The molecule has 0 radical (unpaired) electrons. The van der Waals surface area contributed by atoms with E-state index in [0.29, 0.717) is 22.7 Å². The van der Waals surface area contributed by atoms with Crippen molar-refractivity contribution in [1.29, 1.82) is 0 Å². The highest BCUT2D eigenvalue weighted by molar-refractivity contribution is 6.32. The smallest absolute Gasteiger partial charge is 0.326 e. The zero-order chi connectivity index (χ0) is 20.1. The lowest BCUT2D eigenvalue weighted by Gasteiger charge is -2.20. The number of Topliss-reactive ketones (excluding diaryl/α,β-unsaturated/α-hetero) is 1. The number of amides is 1. The van der Waals surface area contributed by atoms with E-state index in [9.17, 15) is 14.4 Å². The number of hydrogen-bond acceptors (Lipinski definition) is 6. The highest BCUT2D eigenvalue weighted by atomic mass is 35.5. The van der Waals surface area contributed by atoms with Crippen LogP contribution in [0.15, 0.2) is 42.5 Å². The number of nitrogens with zero attached hydrogens (tertiary/aromatic N) is 1. The van der Waals surface area contributed by atoms with Crippen molar-refractivity contribution in [2.45, 2.75) is 6.42 Å². The van der Waals surface area contributed by atoms with Gasteiger partial charge in [0.25, 0.3) is 0 Å². The standard InChI is InChI=1S/C20H18ClNO6/c1-26-17-7-6-13(10-14(17)21)16(23)12-28-20(25)11-22-15-4-2-3-5-18(15)27-9-8-19(22)24/h2-7,10H,8-9,11-12H2,1H3. The molecule has 1 heterocycles. The fourth-order valence-electron chi connectivity index (χ4n) is 2.74. The Morgan fingerprint density at radius 2 is 2.00 bits per heavy atom. The average Bonchev–Trinajstić information content (AvgIpc) is 2.85. The van der Waals surface area contributed by atoms with Crippen molar-refractivity contribution in [3.05, 3.63) is 53.1 Å². The molecule has 1 amide bonds. The maximum absolute atomic E-state index is 12.3. The molecule has 8 heteroatoms. The van der Waals surface area contributed by atoms with Gasteiger partial charge in [-0.05, 0) is 30.3 Å². The molecule has 0 aliphatic carbocycles. The van der Waals surface area contributed by atoms with Crippen molar-refractivity contribution in [3.63, 3.8) is 0 Å². The molecule has 0 fully saturated rings. The zero-order valence-corrected chi connectivity index (χ0v) is 15.9. The number of hydrogen-bond donors (Lipinski definition) is 0. The summed E-state index contributed by atoms with van der Waals surface area (Å²) in [5.41, 5.74) is 0.790. The summed E-state index contributed by atoms with van der Waals surface area (Å²) in [6.07, 6.45) is 0.144. The molecule has 2 aromatic rings. The number of carbonyl (C=O) groups is 3. The minimum atomic E-state index is -0.696. The molecule has 0 atom stereocenters. The van der Waals surface area contributed by atoms with Gasteiger partial charge in [0, 0.05) is 5.56 Å². The molecule has 0 unspecified atom stereocenters. The monoisotopic (exact) mass is 403 g/mol. The van der Waals surface area contributed by atoms with Crippen molar-refractivity contribution in [2.75, 3.05) is 31.8 Å². The first-order valence-corrected chi connectivity index (χ1v) is 8.92.